The number of hydrogen-bond donors (Lipinski definition) is 1. The van der Waals surface area contributed by atoms with E-state index in [1.165, 1.54) is 0 Å². The zero-order valence-corrected chi connectivity index (χ0v) is 12.3. The number of benzene rings is 1. The number of carbonyl (C=O) groups is 1. The smallest absolute Gasteiger partial charge is 0.347 e. The number of thiazole rings is 1. The molecule has 0 fully saturated rings. The van der Waals surface area contributed by atoms with Crippen LogP contribution >= 0.6 is 11.3 Å². The van der Waals surface area contributed by atoms with Gasteiger partial charge in [0.2, 0.25) is 0 Å². The summed E-state index contributed by atoms with van der Waals surface area (Å²) in [5.41, 5.74) is 1.32. The van der Waals surface area contributed by atoms with Crippen molar-refractivity contribution >= 4 is 17.3 Å². The number of carboxylic acids is 1. The number of carboxylic acid groups (broad SMARTS) is 1. The fraction of sp³-hybridized carbons (Fsp3) is 0.286. The Labute approximate surface area is 120 Å². The van der Waals surface area contributed by atoms with Crippen molar-refractivity contribution < 1.29 is 19.4 Å². The van der Waals surface area contributed by atoms with Crippen molar-refractivity contribution in [2.75, 3.05) is 14.2 Å². The van der Waals surface area contributed by atoms with Gasteiger partial charge in [0.15, 0.2) is 0 Å². The first-order valence-electron chi connectivity index (χ1n) is 6.06. The normalized spacial score (nSPS) is 10.3. The van der Waals surface area contributed by atoms with Gasteiger partial charge in [0.25, 0.3) is 0 Å². The molecule has 0 bridgehead atoms. The first-order chi connectivity index (χ1) is 9.60. The van der Waals surface area contributed by atoms with Crippen molar-refractivity contribution in [3.8, 4) is 22.1 Å². The lowest BCUT2D eigenvalue weighted by atomic mass is 10.2. The summed E-state index contributed by atoms with van der Waals surface area (Å²) in [6.45, 7) is 1.88. The molecule has 6 heteroatoms. The Balaban J connectivity index is 2.58. The predicted octanol–water partition coefficient (Wildman–Crippen LogP) is 3.09. The van der Waals surface area contributed by atoms with E-state index in [0.29, 0.717) is 28.6 Å². The average molecular weight is 293 g/mol. The third kappa shape index (κ3) is 2.60. The van der Waals surface area contributed by atoms with Gasteiger partial charge in [-0.3, -0.25) is 0 Å². The van der Waals surface area contributed by atoms with Gasteiger partial charge < -0.3 is 14.6 Å². The highest BCUT2D eigenvalue weighted by Gasteiger charge is 2.19. The molecule has 1 aromatic carbocycles. The highest BCUT2D eigenvalue weighted by atomic mass is 32.1. The van der Waals surface area contributed by atoms with Gasteiger partial charge in [-0.2, -0.15) is 0 Å². The Bertz CT molecular complexity index is 636. The lowest BCUT2D eigenvalue weighted by Gasteiger charge is -2.08. The summed E-state index contributed by atoms with van der Waals surface area (Å²) in [5, 5.41) is 9.82. The SMILES string of the molecule is CCc1nc(-c2cc(OC)ccc2OC)sc1C(=O)O. The summed E-state index contributed by atoms with van der Waals surface area (Å²) in [7, 11) is 3.14. The molecule has 0 amide bonds. The van der Waals surface area contributed by atoms with Crippen LogP contribution in [0.3, 0.4) is 0 Å². The quantitative estimate of drug-likeness (QED) is 0.917. The molecular formula is C14H15NO4S. The van der Waals surface area contributed by atoms with Gasteiger partial charge in [-0.15, -0.1) is 11.3 Å². The summed E-state index contributed by atoms with van der Waals surface area (Å²) in [6.07, 6.45) is 0.574. The van der Waals surface area contributed by atoms with E-state index in [9.17, 15) is 9.90 Å². The molecule has 0 aliphatic heterocycles. The Morgan fingerprint density at radius 1 is 1.35 bits per heavy atom. The molecule has 0 atom stereocenters. The van der Waals surface area contributed by atoms with Gasteiger partial charge in [-0.1, -0.05) is 6.92 Å². The van der Waals surface area contributed by atoms with Gasteiger partial charge in [0.05, 0.1) is 25.5 Å². The van der Waals surface area contributed by atoms with Gasteiger partial charge in [0, 0.05) is 0 Å². The van der Waals surface area contributed by atoms with Crippen LogP contribution in [0.2, 0.25) is 0 Å². The molecule has 1 aromatic heterocycles. The monoisotopic (exact) mass is 293 g/mol. The summed E-state index contributed by atoms with van der Waals surface area (Å²) < 4.78 is 10.5. The molecule has 2 rings (SSSR count). The molecule has 1 heterocycles. The van der Waals surface area contributed by atoms with Gasteiger partial charge in [-0.25, -0.2) is 9.78 Å². The third-order valence-corrected chi connectivity index (χ3v) is 3.98. The number of hydrogen-bond acceptors (Lipinski definition) is 5. The van der Waals surface area contributed by atoms with E-state index in [1.54, 1.807) is 32.4 Å². The van der Waals surface area contributed by atoms with E-state index < -0.39 is 5.97 Å². The topological polar surface area (TPSA) is 68.7 Å². The second-order valence-corrected chi connectivity index (χ2v) is 5.02. The molecular weight excluding hydrogens is 278 g/mol. The second-order valence-electron chi connectivity index (χ2n) is 4.02. The largest absolute Gasteiger partial charge is 0.497 e. The number of aromatic carboxylic acids is 1. The molecule has 0 radical (unpaired) electrons. The Hall–Kier alpha value is -2.08. The van der Waals surface area contributed by atoms with Gasteiger partial charge >= 0.3 is 5.97 Å². The molecule has 0 aliphatic carbocycles. The number of ether oxygens (including phenoxy) is 2. The molecule has 0 saturated carbocycles. The standard InChI is InChI=1S/C14H15NO4S/c1-4-10-12(14(16)17)20-13(15-10)9-7-8(18-2)5-6-11(9)19-3/h5-7H,4H2,1-3H3,(H,16,17). The lowest BCUT2D eigenvalue weighted by molar-refractivity contribution is 0.0701. The van der Waals surface area contributed by atoms with Crippen molar-refractivity contribution in [1.29, 1.82) is 0 Å². The van der Waals surface area contributed by atoms with Crippen LogP contribution in [0.5, 0.6) is 11.5 Å². The summed E-state index contributed by atoms with van der Waals surface area (Å²) >= 11 is 1.15. The molecule has 106 valence electrons. The maximum atomic E-state index is 11.2. The van der Waals surface area contributed by atoms with Crippen LogP contribution in [0, 0.1) is 0 Å². The average Bonchev–Trinajstić information content (AvgIpc) is 2.90. The minimum atomic E-state index is -0.951. The highest BCUT2D eigenvalue weighted by Crippen LogP contribution is 2.37. The second kappa shape index (κ2) is 5.92. The molecule has 0 spiro atoms. The van der Waals surface area contributed by atoms with Gasteiger partial charge in [0.1, 0.15) is 21.4 Å². The first kappa shape index (κ1) is 14.3. The molecule has 20 heavy (non-hydrogen) atoms. The van der Waals surface area contributed by atoms with E-state index in [-0.39, 0.29) is 4.88 Å². The maximum Gasteiger partial charge on any atom is 0.347 e. The molecule has 2 aromatic rings. The molecule has 5 nitrogen and oxygen atoms in total. The number of aryl methyl sites for hydroxylation is 1. The van der Waals surface area contributed by atoms with Crippen molar-refractivity contribution in [3.63, 3.8) is 0 Å². The summed E-state index contributed by atoms with van der Waals surface area (Å²) in [5.74, 6) is 0.359. The van der Waals surface area contributed by atoms with E-state index in [4.69, 9.17) is 9.47 Å². The number of methoxy groups -OCH3 is 2. The Kier molecular flexibility index (Phi) is 4.24. The molecule has 0 unspecified atom stereocenters. The van der Waals surface area contributed by atoms with Crippen molar-refractivity contribution in [1.82, 2.24) is 4.98 Å². The van der Waals surface area contributed by atoms with Gasteiger partial charge in [-0.05, 0) is 24.6 Å². The van der Waals surface area contributed by atoms with E-state index in [0.717, 1.165) is 16.9 Å². The van der Waals surface area contributed by atoms with Crippen LogP contribution in [0.15, 0.2) is 18.2 Å². The molecule has 0 saturated heterocycles. The van der Waals surface area contributed by atoms with E-state index in [2.05, 4.69) is 4.98 Å². The predicted molar refractivity (Wildman–Crippen MR) is 77.0 cm³/mol. The van der Waals surface area contributed by atoms with Crippen LogP contribution in [-0.4, -0.2) is 30.3 Å². The minimum absolute atomic E-state index is 0.271. The summed E-state index contributed by atoms with van der Waals surface area (Å²) in [4.78, 5) is 15.9. The fourth-order valence-electron chi connectivity index (χ4n) is 1.85. The first-order valence-corrected chi connectivity index (χ1v) is 6.87. The zero-order chi connectivity index (χ0) is 14.7. The molecule has 1 N–H and O–H groups in total. The third-order valence-electron chi connectivity index (χ3n) is 2.86. The fourth-order valence-corrected chi connectivity index (χ4v) is 2.87. The highest BCUT2D eigenvalue weighted by molar-refractivity contribution is 7.17. The zero-order valence-electron chi connectivity index (χ0n) is 11.5. The Morgan fingerprint density at radius 2 is 2.10 bits per heavy atom. The van der Waals surface area contributed by atoms with E-state index >= 15 is 0 Å². The van der Waals surface area contributed by atoms with Crippen LogP contribution in [0.1, 0.15) is 22.3 Å². The van der Waals surface area contributed by atoms with Crippen LogP contribution in [0.25, 0.3) is 10.6 Å². The van der Waals surface area contributed by atoms with Crippen LogP contribution < -0.4 is 9.47 Å². The number of rotatable bonds is 5. The Morgan fingerprint density at radius 3 is 2.60 bits per heavy atom. The summed E-state index contributed by atoms with van der Waals surface area (Å²) in [6, 6.07) is 5.36. The van der Waals surface area contributed by atoms with Crippen LogP contribution in [-0.2, 0) is 6.42 Å². The van der Waals surface area contributed by atoms with Crippen molar-refractivity contribution in [3.05, 3.63) is 28.8 Å². The number of aromatic nitrogens is 1. The minimum Gasteiger partial charge on any atom is -0.497 e. The van der Waals surface area contributed by atoms with Crippen molar-refractivity contribution in [2.24, 2.45) is 0 Å². The maximum absolute atomic E-state index is 11.2. The van der Waals surface area contributed by atoms with E-state index in [1.807, 2.05) is 6.92 Å². The van der Waals surface area contributed by atoms with Crippen molar-refractivity contribution in [2.45, 2.75) is 13.3 Å². The number of nitrogens with zero attached hydrogens (tertiary/aromatic N) is 1. The molecule has 0 aliphatic rings. The van der Waals surface area contributed by atoms with Crippen LogP contribution in [0.4, 0.5) is 0 Å². The lowest BCUT2D eigenvalue weighted by Crippen LogP contribution is -1.97.